The number of aromatic nitrogens is 1. The van der Waals surface area contributed by atoms with Crippen molar-refractivity contribution in [2.24, 2.45) is 11.3 Å². The van der Waals surface area contributed by atoms with E-state index in [1.54, 1.807) is 23.7 Å². The molecule has 1 amide bonds. The second kappa shape index (κ2) is 9.18. The number of Topliss-reactive ketones (excluding diaryl/α,β-unsaturated/α-hetero) is 1. The lowest BCUT2D eigenvalue weighted by molar-refractivity contribution is 0.0172. The second-order valence-electron chi connectivity index (χ2n) is 10.2. The fourth-order valence-corrected chi connectivity index (χ4v) is 5.48. The third-order valence-electron chi connectivity index (χ3n) is 7.47. The summed E-state index contributed by atoms with van der Waals surface area (Å²) in [4.78, 5) is 28.0. The van der Waals surface area contributed by atoms with Gasteiger partial charge in [0.15, 0.2) is 5.78 Å². The van der Waals surface area contributed by atoms with Gasteiger partial charge in [0, 0.05) is 59.8 Å². The Morgan fingerprint density at radius 1 is 1.17 bits per heavy atom. The summed E-state index contributed by atoms with van der Waals surface area (Å²) in [6.45, 7) is 8.42. The average Bonchev–Trinajstić information content (AvgIpc) is 3.13. The number of hydrogen-bond donors (Lipinski definition) is 2. The van der Waals surface area contributed by atoms with Crippen molar-refractivity contribution < 1.29 is 23.9 Å². The normalized spacial score (nSPS) is 20.1. The quantitative estimate of drug-likeness (QED) is 0.431. The standard InChI is InChI=1S/C27H30FN3O4/c1-27(2)14-23-24(25(32)21(27)16-30-9-11-35-12-10-30)20-13-19(28)7-8-22(20)31(23)15-17-3-5-18(6-4-17)26(33)29-34/h3-8,13,21,34H,9-12,14-16H2,1-2H3,(H,29,33). The van der Waals surface area contributed by atoms with Gasteiger partial charge in [0.05, 0.1) is 13.2 Å². The third kappa shape index (κ3) is 4.37. The summed E-state index contributed by atoms with van der Waals surface area (Å²) in [5.74, 6) is -1.05. The van der Waals surface area contributed by atoms with Crippen LogP contribution in [0.15, 0.2) is 42.5 Å². The number of nitrogens with zero attached hydrogens (tertiary/aromatic N) is 2. The molecule has 2 aliphatic rings. The first-order valence-corrected chi connectivity index (χ1v) is 12.0. The lowest BCUT2D eigenvalue weighted by Gasteiger charge is -2.41. The molecule has 1 aromatic heterocycles. The Morgan fingerprint density at radius 3 is 2.57 bits per heavy atom. The summed E-state index contributed by atoms with van der Waals surface area (Å²) >= 11 is 0. The Kier molecular flexibility index (Phi) is 6.21. The van der Waals surface area contributed by atoms with Gasteiger partial charge in [-0.25, -0.2) is 9.87 Å². The number of morpholine rings is 1. The molecule has 0 spiro atoms. The van der Waals surface area contributed by atoms with Gasteiger partial charge >= 0.3 is 0 Å². The van der Waals surface area contributed by atoms with Gasteiger partial charge < -0.3 is 9.30 Å². The zero-order valence-corrected chi connectivity index (χ0v) is 20.0. The van der Waals surface area contributed by atoms with Crippen LogP contribution in [0.3, 0.4) is 0 Å². The molecule has 1 atom stereocenters. The molecule has 0 radical (unpaired) electrons. The zero-order valence-electron chi connectivity index (χ0n) is 20.0. The van der Waals surface area contributed by atoms with Crippen molar-refractivity contribution in [2.75, 3.05) is 32.8 Å². The number of carbonyl (C=O) groups is 2. The predicted octanol–water partition coefficient (Wildman–Crippen LogP) is 3.66. The number of benzene rings is 2. The maximum Gasteiger partial charge on any atom is 0.274 e. The third-order valence-corrected chi connectivity index (χ3v) is 7.47. The van der Waals surface area contributed by atoms with Crippen LogP contribution in [-0.2, 0) is 17.7 Å². The molecular formula is C27H30FN3O4. The molecule has 5 rings (SSSR count). The first-order chi connectivity index (χ1) is 16.8. The molecule has 0 saturated carbocycles. The first kappa shape index (κ1) is 23.7. The van der Waals surface area contributed by atoms with Crippen LogP contribution < -0.4 is 5.48 Å². The molecule has 1 fully saturated rings. The van der Waals surface area contributed by atoms with E-state index >= 15 is 0 Å². The minimum Gasteiger partial charge on any atom is -0.379 e. The van der Waals surface area contributed by atoms with E-state index in [1.165, 1.54) is 12.1 Å². The monoisotopic (exact) mass is 479 g/mol. The van der Waals surface area contributed by atoms with Crippen LogP contribution in [0.5, 0.6) is 0 Å². The molecule has 2 heterocycles. The van der Waals surface area contributed by atoms with Gasteiger partial charge in [-0.15, -0.1) is 0 Å². The highest BCUT2D eigenvalue weighted by Gasteiger charge is 2.44. The van der Waals surface area contributed by atoms with E-state index < -0.39 is 5.91 Å². The van der Waals surface area contributed by atoms with Crippen molar-refractivity contribution in [1.29, 1.82) is 0 Å². The number of hydrogen-bond acceptors (Lipinski definition) is 5. The molecule has 1 aliphatic carbocycles. The Bertz CT molecular complexity index is 1280. The molecule has 1 aliphatic heterocycles. The summed E-state index contributed by atoms with van der Waals surface area (Å²) in [5.41, 5.74) is 5.03. The minimum atomic E-state index is -0.575. The van der Waals surface area contributed by atoms with Gasteiger partial charge in [-0.05, 0) is 47.7 Å². The summed E-state index contributed by atoms with van der Waals surface area (Å²) in [5, 5.41) is 9.52. The maximum absolute atomic E-state index is 14.3. The van der Waals surface area contributed by atoms with Crippen LogP contribution in [-0.4, -0.2) is 59.2 Å². The molecule has 1 unspecified atom stereocenters. The van der Waals surface area contributed by atoms with Crippen molar-refractivity contribution in [2.45, 2.75) is 26.8 Å². The number of amides is 1. The van der Waals surface area contributed by atoms with E-state index in [4.69, 9.17) is 9.94 Å². The van der Waals surface area contributed by atoms with Crippen molar-refractivity contribution in [3.8, 4) is 0 Å². The Labute approximate surface area is 203 Å². The summed E-state index contributed by atoms with van der Waals surface area (Å²) in [6, 6.07) is 11.6. The van der Waals surface area contributed by atoms with Crippen LogP contribution in [0.2, 0.25) is 0 Å². The van der Waals surface area contributed by atoms with Crippen LogP contribution in [0.1, 0.15) is 45.8 Å². The largest absolute Gasteiger partial charge is 0.379 e. The van der Waals surface area contributed by atoms with E-state index in [0.717, 1.165) is 29.9 Å². The Balaban J connectivity index is 1.55. The van der Waals surface area contributed by atoms with Gasteiger partial charge in [0.2, 0.25) is 0 Å². The highest BCUT2D eigenvalue weighted by atomic mass is 19.1. The predicted molar refractivity (Wildman–Crippen MR) is 129 cm³/mol. The fraction of sp³-hybridized carbons (Fsp3) is 0.407. The summed E-state index contributed by atoms with van der Waals surface area (Å²) in [6.07, 6.45) is 0.699. The summed E-state index contributed by atoms with van der Waals surface area (Å²) < 4.78 is 21.9. The number of carbonyl (C=O) groups excluding carboxylic acids is 2. The van der Waals surface area contributed by atoms with Gasteiger partial charge in [0.25, 0.3) is 5.91 Å². The van der Waals surface area contributed by atoms with E-state index in [-0.39, 0.29) is 22.9 Å². The second-order valence-corrected chi connectivity index (χ2v) is 10.2. The number of rotatable bonds is 5. The molecule has 0 bridgehead atoms. The Morgan fingerprint density at radius 2 is 1.89 bits per heavy atom. The van der Waals surface area contributed by atoms with E-state index in [1.807, 2.05) is 12.1 Å². The van der Waals surface area contributed by atoms with Crippen LogP contribution in [0.4, 0.5) is 4.39 Å². The first-order valence-electron chi connectivity index (χ1n) is 12.0. The molecule has 35 heavy (non-hydrogen) atoms. The van der Waals surface area contributed by atoms with Gasteiger partial charge in [0.1, 0.15) is 5.82 Å². The SMILES string of the molecule is CC1(C)Cc2c(c3cc(F)ccc3n2Cc2ccc(C(=O)NO)cc2)C(=O)C1CN1CCOCC1. The van der Waals surface area contributed by atoms with Crippen LogP contribution in [0.25, 0.3) is 10.9 Å². The number of ether oxygens (including phenoxy) is 1. The molecule has 8 heteroatoms. The van der Waals surface area contributed by atoms with E-state index in [2.05, 4.69) is 23.3 Å². The number of fused-ring (bicyclic) bond motifs is 3. The number of hydroxylamine groups is 1. The molecule has 7 nitrogen and oxygen atoms in total. The lowest BCUT2D eigenvalue weighted by Crippen LogP contribution is -2.48. The Hall–Kier alpha value is -3.07. The average molecular weight is 480 g/mol. The molecule has 184 valence electrons. The highest BCUT2D eigenvalue weighted by molar-refractivity contribution is 6.12. The molecule has 2 aromatic carbocycles. The lowest BCUT2D eigenvalue weighted by atomic mass is 9.67. The number of ketones is 1. The van der Waals surface area contributed by atoms with E-state index in [0.29, 0.717) is 49.2 Å². The van der Waals surface area contributed by atoms with Crippen LogP contribution >= 0.6 is 0 Å². The fourth-order valence-electron chi connectivity index (χ4n) is 5.48. The highest BCUT2D eigenvalue weighted by Crippen LogP contribution is 2.44. The molecular weight excluding hydrogens is 449 g/mol. The number of nitrogens with one attached hydrogen (secondary N) is 1. The number of halogens is 1. The van der Waals surface area contributed by atoms with Crippen molar-refractivity contribution in [3.63, 3.8) is 0 Å². The topological polar surface area (TPSA) is 83.8 Å². The van der Waals surface area contributed by atoms with E-state index in [9.17, 15) is 14.0 Å². The van der Waals surface area contributed by atoms with Gasteiger partial charge in [-0.2, -0.15) is 0 Å². The van der Waals surface area contributed by atoms with Crippen molar-refractivity contribution >= 4 is 22.6 Å². The van der Waals surface area contributed by atoms with Crippen LogP contribution in [0, 0.1) is 17.2 Å². The molecule has 2 N–H and O–H groups in total. The zero-order chi connectivity index (χ0) is 24.7. The summed E-state index contributed by atoms with van der Waals surface area (Å²) in [7, 11) is 0. The smallest absolute Gasteiger partial charge is 0.274 e. The maximum atomic E-state index is 14.3. The minimum absolute atomic E-state index is 0.0760. The van der Waals surface area contributed by atoms with Gasteiger partial charge in [-0.3, -0.25) is 19.7 Å². The van der Waals surface area contributed by atoms with Gasteiger partial charge in [-0.1, -0.05) is 26.0 Å². The van der Waals surface area contributed by atoms with Crippen molar-refractivity contribution in [3.05, 3.63) is 70.7 Å². The molecule has 3 aromatic rings. The molecule has 1 saturated heterocycles. The van der Waals surface area contributed by atoms with Crippen molar-refractivity contribution in [1.82, 2.24) is 14.9 Å².